The van der Waals surface area contributed by atoms with Crippen LogP contribution in [0.3, 0.4) is 0 Å². The average molecular weight is 339 g/mol. The number of nitrogens with zero attached hydrogens (tertiary/aromatic N) is 4. The third-order valence-corrected chi connectivity index (χ3v) is 5.04. The van der Waals surface area contributed by atoms with Crippen molar-refractivity contribution in [3.05, 3.63) is 35.8 Å². The van der Waals surface area contributed by atoms with Gasteiger partial charge in [-0.2, -0.15) is 0 Å². The van der Waals surface area contributed by atoms with Crippen LogP contribution in [-0.2, 0) is 4.74 Å². The summed E-state index contributed by atoms with van der Waals surface area (Å²) >= 11 is 0. The Morgan fingerprint density at radius 3 is 2.92 bits per heavy atom. The van der Waals surface area contributed by atoms with Gasteiger partial charge in [0.1, 0.15) is 5.82 Å². The minimum absolute atomic E-state index is 0.214. The molecular weight excluding hydrogens is 314 g/mol. The number of ether oxygens (including phenoxy) is 1. The fraction of sp³-hybridized carbons (Fsp3) is 0.526. The van der Waals surface area contributed by atoms with Crippen LogP contribution in [-0.4, -0.2) is 58.2 Å². The van der Waals surface area contributed by atoms with Crippen LogP contribution in [0.2, 0.25) is 0 Å². The number of nitrogens with one attached hydrogen (secondary N) is 1. The van der Waals surface area contributed by atoms with E-state index in [-0.39, 0.29) is 6.10 Å². The van der Waals surface area contributed by atoms with Gasteiger partial charge in [-0.1, -0.05) is 0 Å². The normalized spacial score (nSPS) is 21.3. The highest BCUT2D eigenvalue weighted by atomic mass is 16.5. The molecule has 132 valence electrons. The Balaban J connectivity index is 1.47. The zero-order valence-corrected chi connectivity index (χ0v) is 14.9. The van der Waals surface area contributed by atoms with Gasteiger partial charge in [0.2, 0.25) is 0 Å². The standard InChI is InChI=1S/C19H25N5O/c1-13-14(2)22-19(15-4-3-7-20-10-15)23-18(13)21-11-17-12-24(8-9-25-17)16-5-6-16/h3-4,7,10,16-17H,5-6,8-9,11-12H2,1-2H3,(H,21,22,23). The van der Waals surface area contributed by atoms with E-state index in [9.17, 15) is 0 Å². The molecule has 4 rings (SSSR count). The SMILES string of the molecule is Cc1nc(-c2cccnc2)nc(NCC2CN(C3CC3)CCO2)c1C. The van der Waals surface area contributed by atoms with Crippen molar-refractivity contribution < 1.29 is 4.74 Å². The number of aryl methyl sites for hydroxylation is 1. The smallest absolute Gasteiger partial charge is 0.163 e. The van der Waals surface area contributed by atoms with Crippen LogP contribution in [0.4, 0.5) is 5.82 Å². The van der Waals surface area contributed by atoms with Crippen molar-refractivity contribution in [1.82, 2.24) is 19.9 Å². The summed E-state index contributed by atoms with van der Waals surface area (Å²) in [5, 5.41) is 3.49. The molecule has 0 spiro atoms. The molecule has 1 atom stereocenters. The monoisotopic (exact) mass is 339 g/mol. The third-order valence-electron chi connectivity index (χ3n) is 5.04. The van der Waals surface area contributed by atoms with Crippen LogP contribution >= 0.6 is 0 Å². The highest BCUT2D eigenvalue weighted by Gasteiger charge is 2.32. The number of hydrogen-bond acceptors (Lipinski definition) is 6. The maximum Gasteiger partial charge on any atom is 0.163 e. The molecule has 2 fully saturated rings. The first-order valence-corrected chi connectivity index (χ1v) is 9.06. The quantitative estimate of drug-likeness (QED) is 0.903. The number of pyridine rings is 1. The second kappa shape index (κ2) is 7.06. The highest BCUT2D eigenvalue weighted by Crippen LogP contribution is 2.28. The van der Waals surface area contributed by atoms with Crippen molar-refractivity contribution in [2.24, 2.45) is 0 Å². The first-order valence-electron chi connectivity index (χ1n) is 9.06. The Bertz CT molecular complexity index is 732. The molecule has 1 aliphatic carbocycles. The summed E-state index contributed by atoms with van der Waals surface area (Å²) in [7, 11) is 0. The van der Waals surface area contributed by atoms with E-state index in [1.807, 2.05) is 19.1 Å². The number of aromatic nitrogens is 3. The second-order valence-electron chi connectivity index (χ2n) is 6.95. The van der Waals surface area contributed by atoms with E-state index in [0.29, 0.717) is 5.82 Å². The minimum Gasteiger partial charge on any atom is -0.374 e. The van der Waals surface area contributed by atoms with Gasteiger partial charge >= 0.3 is 0 Å². The maximum atomic E-state index is 5.94. The first-order chi connectivity index (χ1) is 12.2. The van der Waals surface area contributed by atoms with Crippen LogP contribution in [0.25, 0.3) is 11.4 Å². The van der Waals surface area contributed by atoms with Crippen molar-refractivity contribution >= 4 is 5.82 Å². The van der Waals surface area contributed by atoms with Gasteiger partial charge in [-0.05, 0) is 38.8 Å². The molecule has 1 saturated carbocycles. The summed E-state index contributed by atoms with van der Waals surface area (Å²) in [6, 6.07) is 4.69. The highest BCUT2D eigenvalue weighted by molar-refractivity contribution is 5.58. The van der Waals surface area contributed by atoms with Crippen molar-refractivity contribution in [3.8, 4) is 11.4 Å². The van der Waals surface area contributed by atoms with E-state index in [1.54, 1.807) is 12.4 Å². The molecule has 2 aliphatic rings. The van der Waals surface area contributed by atoms with Gasteiger partial charge in [0.15, 0.2) is 5.82 Å². The molecule has 3 heterocycles. The molecular formula is C19H25N5O. The summed E-state index contributed by atoms with van der Waals surface area (Å²) < 4.78 is 5.94. The van der Waals surface area contributed by atoms with Crippen LogP contribution in [0.5, 0.6) is 0 Å². The van der Waals surface area contributed by atoms with Gasteiger partial charge in [-0.25, -0.2) is 9.97 Å². The van der Waals surface area contributed by atoms with Gasteiger partial charge in [0.05, 0.1) is 12.7 Å². The van der Waals surface area contributed by atoms with Gasteiger partial charge in [-0.15, -0.1) is 0 Å². The number of morpholine rings is 1. The van der Waals surface area contributed by atoms with Crippen molar-refractivity contribution in [2.75, 3.05) is 31.6 Å². The molecule has 2 aromatic heterocycles. The fourth-order valence-corrected chi connectivity index (χ4v) is 3.27. The Labute approximate surface area is 148 Å². The number of hydrogen-bond donors (Lipinski definition) is 1. The number of rotatable bonds is 5. The largest absolute Gasteiger partial charge is 0.374 e. The van der Waals surface area contributed by atoms with Crippen LogP contribution in [0, 0.1) is 13.8 Å². The van der Waals surface area contributed by atoms with E-state index < -0.39 is 0 Å². The number of anilines is 1. The summed E-state index contributed by atoms with van der Waals surface area (Å²) in [5.74, 6) is 1.60. The van der Waals surface area contributed by atoms with Gasteiger partial charge in [0.25, 0.3) is 0 Å². The predicted octanol–water partition coefficient (Wildman–Crippen LogP) is 2.43. The van der Waals surface area contributed by atoms with E-state index in [2.05, 4.69) is 27.1 Å². The van der Waals surface area contributed by atoms with Crippen molar-refractivity contribution in [1.29, 1.82) is 0 Å². The van der Waals surface area contributed by atoms with Crippen LogP contribution in [0.1, 0.15) is 24.1 Å². The molecule has 1 aliphatic heterocycles. The van der Waals surface area contributed by atoms with E-state index >= 15 is 0 Å². The molecule has 1 N–H and O–H groups in total. The van der Waals surface area contributed by atoms with E-state index in [1.165, 1.54) is 12.8 Å². The molecule has 0 radical (unpaired) electrons. The predicted molar refractivity (Wildman–Crippen MR) is 97.6 cm³/mol. The molecule has 0 bridgehead atoms. The Kier molecular flexibility index (Phi) is 4.63. The van der Waals surface area contributed by atoms with Gasteiger partial charge in [-0.3, -0.25) is 9.88 Å². The molecule has 6 nitrogen and oxygen atoms in total. The lowest BCUT2D eigenvalue weighted by Crippen LogP contribution is -2.46. The maximum absolute atomic E-state index is 5.94. The zero-order chi connectivity index (χ0) is 17.2. The lowest BCUT2D eigenvalue weighted by atomic mass is 10.2. The Morgan fingerprint density at radius 2 is 2.16 bits per heavy atom. The molecule has 0 aromatic carbocycles. The fourth-order valence-electron chi connectivity index (χ4n) is 3.27. The topological polar surface area (TPSA) is 63.2 Å². The van der Waals surface area contributed by atoms with Crippen LogP contribution < -0.4 is 5.32 Å². The molecule has 2 aromatic rings. The first kappa shape index (κ1) is 16.4. The minimum atomic E-state index is 0.214. The zero-order valence-electron chi connectivity index (χ0n) is 14.9. The Hall–Kier alpha value is -2.05. The van der Waals surface area contributed by atoms with Crippen molar-refractivity contribution in [3.63, 3.8) is 0 Å². The summed E-state index contributed by atoms with van der Waals surface area (Å²) in [4.78, 5) is 16.1. The van der Waals surface area contributed by atoms with Crippen LogP contribution in [0.15, 0.2) is 24.5 Å². The summed E-state index contributed by atoms with van der Waals surface area (Å²) in [6.07, 6.45) is 6.46. The third kappa shape index (κ3) is 3.80. The molecule has 1 unspecified atom stereocenters. The van der Waals surface area contributed by atoms with Gasteiger partial charge in [0, 0.05) is 54.9 Å². The van der Waals surface area contributed by atoms with E-state index in [0.717, 1.165) is 54.9 Å². The van der Waals surface area contributed by atoms with Gasteiger partial charge < -0.3 is 10.1 Å². The summed E-state index contributed by atoms with van der Waals surface area (Å²) in [6.45, 7) is 7.75. The summed E-state index contributed by atoms with van der Waals surface area (Å²) in [5.41, 5.74) is 3.01. The second-order valence-corrected chi connectivity index (χ2v) is 6.95. The van der Waals surface area contributed by atoms with Crippen molar-refractivity contribution in [2.45, 2.75) is 38.8 Å². The molecule has 0 amide bonds. The lowest BCUT2D eigenvalue weighted by Gasteiger charge is -2.33. The lowest BCUT2D eigenvalue weighted by molar-refractivity contribution is -0.0241. The average Bonchev–Trinajstić information content (AvgIpc) is 3.49. The molecule has 1 saturated heterocycles. The molecule has 25 heavy (non-hydrogen) atoms. The Morgan fingerprint density at radius 1 is 1.28 bits per heavy atom. The molecule has 6 heteroatoms. The van der Waals surface area contributed by atoms with E-state index in [4.69, 9.17) is 9.72 Å².